The van der Waals surface area contributed by atoms with Crippen molar-refractivity contribution in [3.63, 3.8) is 0 Å². The van der Waals surface area contributed by atoms with Gasteiger partial charge in [-0.2, -0.15) is 0 Å². The van der Waals surface area contributed by atoms with Crippen molar-refractivity contribution in [1.29, 1.82) is 0 Å². The van der Waals surface area contributed by atoms with Gasteiger partial charge >= 0.3 is 0 Å². The normalized spacial score (nSPS) is 10.6. The van der Waals surface area contributed by atoms with Crippen LogP contribution in [-0.2, 0) is 6.54 Å². The van der Waals surface area contributed by atoms with E-state index in [0.29, 0.717) is 6.54 Å². The predicted octanol–water partition coefficient (Wildman–Crippen LogP) is 3.58. The van der Waals surface area contributed by atoms with Gasteiger partial charge in [0.25, 0.3) is 0 Å². The van der Waals surface area contributed by atoms with Crippen molar-refractivity contribution in [3.05, 3.63) is 52.8 Å². The van der Waals surface area contributed by atoms with Crippen LogP contribution in [0.3, 0.4) is 0 Å². The van der Waals surface area contributed by atoms with E-state index in [9.17, 15) is 4.39 Å². The molecule has 0 radical (unpaired) electrons. The van der Waals surface area contributed by atoms with Crippen LogP contribution in [0.2, 0.25) is 0 Å². The van der Waals surface area contributed by atoms with Gasteiger partial charge in [-0.15, -0.1) is 0 Å². The largest absolute Gasteiger partial charge is 0.496 e. The molecule has 0 amide bonds. The number of aryl methyl sites for hydroxylation is 2. The van der Waals surface area contributed by atoms with E-state index >= 15 is 0 Å². The summed E-state index contributed by atoms with van der Waals surface area (Å²) >= 11 is 0. The maximum absolute atomic E-state index is 13.3. The molecule has 0 unspecified atom stereocenters. The summed E-state index contributed by atoms with van der Waals surface area (Å²) in [6, 6.07) is 8.76. The Hall–Kier alpha value is -1.87. The lowest BCUT2D eigenvalue weighted by Gasteiger charge is -2.16. The number of ether oxygens (including phenoxy) is 1. The minimum Gasteiger partial charge on any atom is -0.496 e. The average molecular weight is 259 g/mol. The van der Waals surface area contributed by atoms with Crippen molar-refractivity contribution >= 4 is 0 Å². The van der Waals surface area contributed by atoms with E-state index in [1.807, 2.05) is 19.9 Å². The van der Waals surface area contributed by atoms with Gasteiger partial charge in [0.05, 0.1) is 7.11 Å². The van der Waals surface area contributed by atoms with Gasteiger partial charge in [-0.1, -0.05) is 12.1 Å². The number of benzene rings is 2. The van der Waals surface area contributed by atoms with Gasteiger partial charge in [0, 0.05) is 12.1 Å². The van der Waals surface area contributed by atoms with Gasteiger partial charge in [-0.25, -0.2) is 4.39 Å². The zero-order valence-electron chi connectivity index (χ0n) is 11.5. The third-order valence-electron chi connectivity index (χ3n) is 3.22. The van der Waals surface area contributed by atoms with Gasteiger partial charge in [-0.05, 0) is 54.3 Å². The van der Waals surface area contributed by atoms with E-state index < -0.39 is 0 Å². The molecular formula is C16H18FNO. The molecule has 2 rings (SSSR count). The summed E-state index contributed by atoms with van der Waals surface area (Å²) in [6.45, 7) is 4.34. The zero-order valence-corrected chi connectivity index (χ0v) is 11.5. The number of halogens is 1. The zero-order chi connectivity index (χ0) is 14.0. The SMILES string of the molecule is COc1cc(C)cc(C)c1-c1ccc(F)cc1CN. The Kier molecular flexibility index (Phi) is 3.86. The fourth-order valence-electron chi connectivity index (χ4n) is 2.41. The highest BCUT2D eigenvalue weighted by atomic mass is 19.1. The summed E-state index contributed by atoms with van der Waals surface area (Å²) in [6.07, 6.45) is 0. The van der Waals surface area contributed by atoms with Crippen molar-refractivity contribution in [1.82, 2.24) is 0 Å². The molecule has 0 spiro atoms. The van der Waals surface area contributed by atoms with E-state index in [1.165, 1.54) is 12.1 Å². The Morgan fingerprint density at radius 1 is 1.16 bits per heavy atom. The molecule has 2 aromatic rings. The Labute approximate surface area is 113 Å². The molecule has 0 atom stereocenters. The summed E-state index contributed by atoms with van der Waals surface area (Å²) < 4.78 is 18.8. The Morgan fingerprint density at radius 2 is 1.89 bits per heavy atom. The highest BCUT2D eigenvalue weighted by molar-refractivity contribution is 5.77. The van der Waals surface area contributed by atoms with Crippen LogP contribution in [-0.4, -0.2) is 7.11 Å². The van der Waals surface area contributed by atoms with Crippen molar-refractivity contribution in [3.8, 4) is 16.9 Å². The molecule has 0 aromatic heterocycles. The fourth-order valence-corrected chi connectivity index (χ4v) is 2.41. The number of rotatable bonds is 3. The smallest absolute Gasteiger partial charge is 0.127 e. The lowest BCUT2D eigenvalue weighted by molar-refractivity contribution is 0.416. The fraction of sp³-hybridized carbons (Fsp3) is 0.250. The molecule has 0 aliphatic carbocycles. The third-order valence-corrected chi connectivity index (χ3v) is 3.22. The molecule has 0 bridgehead atoms. The lowest BCUT2D eigenvalue weighted by atomic mass is 9.93. The highest BCUT2D eigenvalue weighted by Gasteiger charge is 2.13. The molecule has 0 saturated heterocycles. The molecule has 2 aromatic carbocycles. The van der Waals surface area contributed by atoms with Gasteiger partial charge in [0.1, 0.15) is 11.6 Å². The number of hydrogen-bond donors (Lipinski definition) is 1. The van der Waals surface area contributed by atoms with Crippen molar-refractivity contribution < 1.29 is 9.13 Å². The molecule has 19 heavy (non-hydrogen) atoms. The molecule has 0 heterocycles. The summed E-state index contributed by atoms with van der Waals surface area (Å²) in [4.78, 5) is 0. The molecular weight excluding hydrogens is 241 g/mol. The average Bonchev–Trinajstić information content (AvgIpc) is 2.38. The molecule has 0 aliphatic heterocycles. The van der Waals surface area contributed by atoms with Crippen LogP contribution in [0, 0.1) is 19.7 Å². The van der Waals surface area contributed by atoms with Crippen molar-refractivity contribution in [2.24, 2.45) is 5.73 Å². The van der Waals surface area contributed by atoms with Crippen LogP contribution in [0.4, 0.5) is 4.39 Å². The molecule has 0 fully saturated rings. The van der Waals surface area contributed by atoms with Crippen molar-refractivity contribution in [2.75, 3.05) is 7.11 Å². The maximum atomic E-state index is 13.3. The lowest BCUT2D eigenvalue weighted by Crippen LogP contribution is -2.02. The predicted molar refractivity (Wildman–Crippen MR) is 75.8 cm³/mol. The minimum absolute atomic E-state index is 0.270. The second-order valence-corrected chi connectivity index (χ2v) is 4.66. The van der Waals surface area contributed by atoms with Gasteiger partial charge in [-0.3, -0.25) is 0 Å². The number of methoxy groups -OCH3 is 1. The van der Waals surface area contributed by atoms with E-state index in [1.54, 1.807) is 13.2 Å². The topological polar surface area (TPSA) is 35.2 Å². The molecule has 2 nitrogen and oxygen atoms in total. The van der Waals surface area contributed by atoms with E-state index in [-0.39, 0.29) is 5.82 Å². The highest BCUT2D eigenvalue weighted by Crippen LogP contribution is 2.36. The second-order valence-electron chi connectivity index (χ2n) is 4.66. The standard InChI is InChI=1S/C16H18FNO/c1-10-6-11(2)16(15(7-10)19-3)14-5-4-13(17)8-12(14)9-18/h4-8H,9,18H2,1-3H3. The first-order valence-corrected chi connectivity index (χ1v) is 6.21. The molecule has 100 valence electrons. The van der Waals surface area contributed by atoms with Gasteiger partial charge in [0.2, 0.25) is 0 Å². The quantitative estimate of drug-likeness (QED) is 0.914. The summed E-state index contributed by atoms with van der Waals surface area (Å²) in [7, 11) is 1.64. The first kappa shape index (κ1) is 13.6. The van der Waals surface area contributed by atoms with E-state index in [2.05, 4.69) is 6.07 Å². The van der Waals surface area contributed by atoms with E-state index in [4.69, 9.17) is 10.5 Å². The number of hydrogen-bond acceptors (Lipinski definition) is 2. The summed E-state index contributed by atoms with van der Waals surface area (Å²) in [5, 5.41) is 0. The van der Waals surface area contributed by atoms with Crippen LogP contribution >= 0.6 is 0 Å². The minimum atomic E-state index is -0.270. The van der Waals surface area contributed by atoms with Crippen LogP contribution in [0.5, 0.6) is 5.75 Å². The van der Waals surface area contributed by atoms with E-state index in [0.717, 1.165) is 33.6 Å². The molecule has 0 saturated carbocycles. The second kappa shape index (κ2) is 5.41. The Bertz CT molecular complexity index is 608. The van der Waals surface area contributed by atoms with Gasteiger partial charge in [0.15, 0.2) is 0 Å². The third kappa shape index (κ3) is 2.61. The first-order chi connectivity index (χ1) is 9.06. The summed E-state index contributed by atoms with van der Waals surface area (Å²) in [5.41, 5.74) is 10.6. The first-order valence-electron chi connectivity index (χ1n) is 6.21. The summed E-state index contributed by atoms with van der Waals surface area (Å²) in [5.74, 6) is 0.520. The Balaban J connectivity index is 2.71. The molecule has 0 aliphatic rings. The maximum Gasteiger partial charge on any atom is 0.127 e. The van der Waals surface area contributed by atoms with Crippen LogP contribution in [0.1, 0.15) is 16.7 Å². The van der Waals surface area contributed by atoms with Gasteiger partial charge < -0.3 is 10.5 Å². The van der Waals surface area contributed by atoms with Crippen LogP contribution in [0.15, 0.2) is 30.3 Å². The van der Waals surface area contributed by atoms with Crippen LogP contribution < -0.4 is 10.5 Å². The molecule has 3 heteroatoms. The Morgan fingerprint density at radius 3 is 2.53 bits per heavy atom. The molecule has 2 N–H and O–H groups in total. The van der Waals surface area contributed by atoms with Crippen LogP contribution in [0.25, 0.3) is 11.1 Å². The number of nitrogens with two attached hydrogens (primary N) is 1. The monoisotopic (exact) mass is 259 g/mol. The van der Waals surface area contributed by atoms with Crippen molar-refractivity contribution in [2.45, 2.75) is 20.4 Å².